The molecule has 1 heterocycles. The zero-order valence-corrected chi connectivity index (χ0v) is 10.9. The average Bonchev–Trinajstić information content (AvgIpc) is 2.46. The number of para-hydroxylation sites is 1. The molecule has 0 aliphatic heterocycles. The number of rotatable bonds is 2. The predicted molar refractivity (Wildman–Crippen MR) is 76.7 cm³/mol. The molecule has 0 fully saturated rings. The van der Waals surface area contributed by atoms with Gasteiger partial charge in [0.2, 0.25) is 0 Å². The van der Waals surface area contributed by atoms with Gasteiger partial charge >= 0.3 is 5.97 Å². The van der Waals surface area contributed by atoms with E-state index in [9.17, 15) is 9.90 Å². The molecule has 4 heteroatoms. The zero-order valence-electron chi connectivity index (χ0n) is 10.9. The molecule has 2 aromatic carbocycles. The van der Waals surface area contributed by atoms with E-state index >= 15 is 0 Å². The highest BCUT2D eigenvalue weighted by Gasteiger charge is 2.14. The third-order valence-corrected chi connectivity index (χ3v) is 3.12. The molecule has 0 radical (unpaired) electrons. The summed E-state index contributed by atoms with van der Waals surface area (Å²) in [6, 6.07) is 14.8. The smallest absolute Gasteiger partial charge is 0.355 e. The molecule has 1 aromatic heterocycles. The lowest BCUT2D eigenvalue weighted by molar-refractivity contribution is 0.0693. The molecule has 20 heavy (non-hydrogen) atoms. The van der Waals surface area contributed by atoms with Crippen molar-refractivity contribution in [1.29, 1.82) is 0 Å². The van der Waals surface area contributed by atoms with Gasteiger partial charge in [-0.3, -0.25) is 0 Å². The second kappa shape index (κ2) is 4.74. The summed E-state index contributed by atoms with van der Waals surface area (Å²) < 4.78 is 0. The summed E-state index contributed by atoms with van der Waals surface area (Å²) in [4.78, 5) is 20.0. The van der Waals surface area contributed by atoms with Crippen molar-refractivity contribution >= 4 is 16.9 Å². The Kier molecular flexibility index (Phi) is 2.91. The summed E-state index contributed by atoms with van der Waals surface area (Å²) in [5, 5.41) is 9.86. The van der Waals surface area contributed by atoms with Gasteiger partial charge in [0.05, 0.1) is 5.52 Å². The summed E-state index contributed by atoms with van der Waals surface area (Å²) in [5.41, 5.74) is 2.61. The fraction of sp³-hybridized carbons (Fsp3) is 0.0625. The number of hydrogen-bond donors (Lipinski definition) is 1. The maximum atomic E-state index is 11.4. The van der Waals surface area contributed by atoms with Crippen LogP contribution in [0.3, 0.4) is 0 Å². The number of fused-ring (bicyclic) bond motifs is 1. The van der Waals surface area contributed by atoms with Crippen LogP contribution in [0.4, 0.5) is 0 Å². The van der Waals surface area contributed by atoms with E-state index in [1.807, 2.05) is 37.3 Å². The summed E-state index contributed by atoms with van der Waals surface area (Å²) in [7, 11) is 0. The van der Waals surface area contributed by atoms with Crippen molar-refractivity contribution < 1.29 is 9.90 Å². The standard InChI is InChI=1S/C16H12N2O2/c1-10-6-8-11(9-7-10)15-17-13-5-3-2-4-12(13)14(18-15)16(19)20/h2-9H,1H3,(H,19,20). The summed E-state index contributed by atoms with van der Waals surface area (Å²) in [6.45, 7) is 1.99. The second-order valence-corrected chi connectivity index (χ2v) is 4.58. The highest BCUT2D eigenvalue weighted by molar-refractivity contribution is 6.01. The lowest BCUT2D eigenvalue weighted by Gasteiger charge is -2.06. The third-order valence-electron chi connectivity index (χ3n) is 3.12. The second-order valence-electron chi connectivity index (χ2n) is 4.58. The van der Waals surface area contributed by atoms with Crippen LogP contribution in [0.15, 0.2) is 48.5 Å². The predicted octanol–water partition coefficient (Wildman–Crippen LogP) is 3.30. The summed E-state index contributed by atoms with van der Waals surface area (Å²) >= 11 is 0. The lowest BCUT2D eigenvalue weighted by Crippen LogP contribution is -2.04. The topological polar surface area (TPSA) is 63.1 Å². The monoisotopic (exact) mass is 264 g/mol. The molecule has 3 rings (SSSR count). The van der Waals surface area contributed by atoms with Gasteiger partial charge in [0, 0.05) is 10.9 Å². The first-order chi connectivity index (χ1) is 9.65. The number of benzene rings is 2. The number of carbonyl (C=O) groups is 1. The van der Waals surface area contributed by atoms with Crippen molar-refractivity contribution in [2.24, 2.45) is 0 Å². The highest BCUT2D eigenvalue weighted by Crippen LogP contribution is 2.22. The van der Waals surface area contributed by atoms with Crippen LogP contribution in [0.25, 0.3) is 22.3 Å². The van der Waals surface area contributed by atoms with Gasteiger partial charge in [0.25, 0.3) is 0 Å². The number of aromatic nitrogens is 2. The van der Waals surface area contributed by atoms with Gasteiger partial charge < -0.3 is 5.11 Å². The van der Waals surface area contributed by atoms with E-state index in [2.05, 4.69) is 9.97 Å². The van der Waals surface area contributed by atoms with Crippen LogP contribution in [-0.4, -0.2) is 21.0 Å². The Morgan fingerprint density at radius 2 is 1.70 bits per heavy atom. The van der Waals surface area contributed by atoms with Crippen molar-refractivity contribution in [2.45, 2.75) is 6.92 Å². The first-order valence-corrected chi connectivity index (χ1v) is 6.22. The van der Waals surface area contributed by atoms with Crippen molar-refractivity contribution in [2.75, 3.05) is 0 Å². The van der Waals surface area contributed by atoms with Gasteiger partial charge in [-0.2, -0.15) is 0 Å². The Bertz CT molecular complexity index is 795. The number of carboxylic acids is 1. The molecule has 0 unspecified atom stereocenters. The molecule has 0 spiro atoms. The van der Waals surface area contributed by atoms with E-state index < -0.39 is 5.97 Å². The molecule has 0 aliphatic carbocycles. The van der Waals surface area contributed by atoms with Gasteiger partial charge in [-0.1, -0.05) is 48.0 Å². The van der Waals surface area contributed by atoms with Crippen LogP contribution in [0.5, 0.6) is 0 Å². The maximum Gasteiger partial charge on any atom is 0.355 e. The average molecular weight is 264 g/mol. The number of aryl methyl sites for hydroxylation is 1. The molecule has 4 nitrogen and oxygen atoms in total. The number of carboxylic acid groups (broad SMARTS) is 1. The van der Waals surface area contributed by atoms with Gasteiger partial charge in [0.1, 0.15) is 0 Å². The van der Waals surface area contributed by atoms with E-state index in [1.165, 1.54) is 0 Å². The van der Waals surface area contributed by atoms with Crippen LogP contribution in [0, 0.1) is 6.92 Å². The van der Waals surface area contributed by atoms with E-state index in [1.54, 1.807) is 18.2 Å². The molecule has 0 saturated heterocycles. The Labute approximate surface area is 115 Å². The number of hydrogen-bond acceptors (Lipinski definition) is 3. The van der Waals surface area contributed by atoms with Crippen LogP contribution in [0.2, 0.25) is 0 Å². The minimum absolute atomic E-state index is 0.0335. The minimum Gasteiger partial charge on any atom is -0.476 e. The van der Waals surface area contributed by atoms with Crippen molar-refractivity contribution in [3.8, 4) is 11.4 Å². The lowest BCUT2D eigenvalue weighted by atomic mass is 10.1. The van der Waals surface area contributed by atoms with Gasteiger partial charge in [-0.25, -0.2) is 14.8 Å². The van der Waals surface area contributed by atoms with Gasteiger partial charge in [0.15, 0.2) is 11.5 Å². The first-order valence-electron chi connectivity index (χ1n) is 6.22. The SMILES string of the molecule is Cc1ccc(-c2nc(C(=O)O)c3ccccc3n2)cc1. The molecule has 0 atom stereocenters. The number of nitrogens with zero attached hydrogens (tertiary/aromatic N) is 2. The Morgan fingerprint density at radius 1 is 1.00 bits per heavy atom. The zero-order chi connectivity index (χ0) is 14.1. The number of aromatic carboxylic acids is 1. The van der Waals surface area contributed by atoms with Crippen LogP contribution >= 0.6 is 0 Å². The van der Waals surface area contributed by atoms with Crippen LogP contribution < -0.4 is 0 Å². The van der Waals surface area contributed by atoms with Gasteiger partial charge in [-0.15, -0.1) is 0 Å². The molecular formula is C16H12N2O2. The Morgan fingerprint density at radius 3 is 2.40 bits per heavy atom. The largest absolute Gasteiger partial charge is 0.476 e. The molecule has 98 valence electrons. The minimum atomic E-state index is -1.04. The van der Waals surface area contributed by atoms with E-state index in [0.29, 0.717) is 16.7 Å². The van der Waals surface area contributed by atoms with Crippen molar-refractivity contribution in [3.63, 3.8) is 0 Å². The molecule has 1 N–H and O–H groups in total. The van der Waals surface area contributed by atoms with Crippen molar-refractivity contribution in [3.05, 3.63) is 59.8 Å². The van der Waals surface area contributed by atoms with E-state index in [4.69, 9.17) is 0 Å². The van der Waals surface area contributed by atoms with E-state index in [-0.39, 0.29) is 5.69 Å². The van der Waals surface area contributed by atoms with Crippen LogP contribution in [0.1, 0.15) is 16.1 Å². The summed E-state index contributed by atoms with van der Waals surface area (Å²) in [6.07, 6.45) is 0. The molecule has 0 aliphatic rings. The fourth-order valence-electron chi connectivity index (χ4n) is 2.07. The maximum absolute atomic E-state index is 11.4. The Hall–Kier alpha value is -2.75. The molecule has 0 amide bonds. The van der Waals surface area contributed by atoms with E-state index in [0.717, 1.165) is 11.1 Å². The first kappa shape index (κ1) is 12.3. The van der Waals surface area contributed by atoms with Crippen molar-refractivity contribution in [1.82, 2.24) is 9.97 Å². The normalized spacial score (nSPS) is 10.7. The van der Waals surface area contributed by atoms with Crippen LogP contribution in [-0.2, 0) is 0 Å². The molecule has 3 aromatic rings. The van der Waals surface area contributed by atoms with Gasteiger partial charge in [-0.05, 0) is 13.0 Å². The quantitative estimate of drug-likeness (QED) is 0.771. The molecule has 0 bridgehead atoms. The summed E-state index contributed by atoms with van der Waals surface area (Å²) in [5.74, 6) is -0.613. The third kappa shape index (κ3) is 2.12. The highest BCUT2D eigenvalue weighted by atomic mass is 16.4. The Balaban J connectivity index is 2.27. The molecular weight excluding hydrogens is 252 g/mol. The molecule has 0 saturated carbocycles. The fourth-order valence-corrected chi connectivity index (χ4v) is 2.07.